The molecule has 1 aromatic rings. The Bertz CT molecular complexity index is 478. The molecule has 1 amide bonds. The highest BCUT2D eigenvalue weighted by atomic mass is 35.5. The van der Waals surface area contributed by atoms with Crippen molar-refractivity contribution in [1.29, 1.82) is 0 Å². The van der Waals surface area contributed by atoms with Crippen molar-refractivity contribution in [1.82, 2.24) is 15.5 Å². The van der Waals surface area contributed by atoms with Gasteiger partial charge in [-0.05, 0) is 18.5 Å². The maximum atomic E-state index is 12.5. The molecule has 0 spiro atoms. The molecule has 2 atom stereocenters. The number of carbonyl (C=O) groups excluding carboxylic acids is 1. The van der Waals surface area contributed by atoms with Crippen molar-refractivity contribution < 1.29 is 9.53 Å². The number of rotatable bonds is 5. The van der Waals surface area contributed by atoms with Crippen LogP contribution in [0, 0.1) is 5.92 Å². The van der Waals surface area contributed by atoms with Crippen LogP contribution in [0.5, 0.6) is 0 Å². The van der Waals surface area contributed by atoms with Crippen molar-refractivity contribution in [3.63, 3.8) is 0 Å². The third kappa shape index (κ3) is 5.90. The first kappa shape index (κ1) is 21.2. The number of carbonyl (C=O) groups is 1. The van der Waals surface area contributed by atoms with E-state index in [-0.39, 0.29) is 42.7 Å². The van der Waals surface area contributed by atoms with Gasteiger partial charge in [0, 0.05) is 26.2 Å². The summed E-state index contributed by atoms with van der Waals surface area (Å²) in [5, 5.41) is 6.52. The van der Waals surface area contributed by atoms with Crippen molar-refractivity contribution in [3.8, 4) is 0 Å². The summed E-state index contributed by atoms with van der Waals surface area (Å²) in [6.45, 7) is 6.01. The highest BCUT2D eigenvalue weighted by molar-refractivity contribution is 5.85. The van der Waals surface area contributed by atoms with Crippen LogP contribution in [0.1, 0.15) is 18.0 Å². The third-order valence-electron chi connectivity index (χ3n) is 4.49. The first-order chi connectivity index (χ1) is 10.8. The van der Waals surface area contributed by atoms with Gasteiger partial charge in [-0.15, -0.1) is 24.8 Å². The number of hydrogen-bond donors (Lipinski definition) is 2. The maximum Gasteiger partial charge on any atom is 0.224 e. The van der Waals surface area contributed by atoms with Gasteiger partial charge in [-0.25, -0.2) is 0 Å². The highest BCUT2D eigenvalue weighted by Gasteiger charge is 2.26. The van der Waals surface area contributed by atoms with E-state index in [1.54, 1.807) is 0 Å². The summed E-state index contributed by atoms with van der Waals surface area (Å²) in [5.74, 6) is 0.281. The van der Waals surface area contributed by atoms with Crippen LogP contribution in [0.15, 0.2) is 30.3 Å². The fourth-order valence-corrected chi connectivity index (χ4v) is 3.13. The van der Waals surface area contributed by atoms with Gasteiger partial charge in [0.15, 0.2) is 0 Å². The third-order valence-corrected chi connectivity index (χ3v) is 4.49. The van der Waals surface area contributed by atoms with Crippen molar-refractivity contribution in [2.75, 3.05) is 45.9 Å². The number of amides is 1. The van der Waals surface area contributed by atoms with E-state index in [0.29, 0.717) is 0 Å². The number of hydrogen-bond acceptors (Lipinski definition) is 4. The Balaban J connectivity index is 0.00000144. The molecule has 5 nitrogen and oxygen atoms in total. The van der Waals surface area contributed by atoms with Crippen molar-refractivity contribution >= 4 is 30.7 Å². The van der Waals surface area contributed by atoms with Crippen LogP contribution < -0.4 is 10.6 Å². The van der Waals surface area contributed by atoms with Gasteiger partial charge in [0.05, 0.1) is 25.2 Å². The van der Waals surface area contributed by atoms with Gasteiger partial charge < -0.3 is 15.4 Å². The van der Waals surface area contributed by atoms with E-state index in [1.807, 2.05) is 18.2 Å². The second kappa shape index (κ2) is 10.9. The average molecular weight is 376 g/mol. The number of benzene rings is 1. The molecule has 2 unspecified atom stereocenters. The van der Waals surface area contributed by atoms with Crippen LogP contribution in [0.2, 0.25) is 0 Å². The number of nitrogens with zero attached hydrogens (tertiary/aromatic N) is 1. The number of nitrogens with one attached hydrogen (secondary N) is 2. The van der Waals surface area contributed by atoms with E-state index in [4.69, 9.17) is 4.74 Å². The first-order valence-corrected chi connectivity index (χ1v) is 8.19. The van der Waals surface area contributed by atoms with E-state index in [2.05, 4.69) is 27.7 Å². The largest absolute Gasteiger partial charge is 0.379 e. The minimum Gasteiger partial charge on any atom is -0.379 e. The minimum absolute atomic E-state index is 0. The molecule has 1 aromatic carbocycles. The van der Waals surface area contributed by atoms with Crippen LogP contribution >= 0.6 is 24.8 Å². The molecule has 24 heavy (non-hydrogen) atoms. The zero-order chi connectivity index (χ0) is 15.2. The van der Waals surface area contributed by atoms with Gasteiger partial charge in [0.25, 0.3) is 0 Å². The molecule has 0 aromatic heterocycles. The zero-order valence-corrected chi connectivity index (χ0v) is 15.4. The summed E-state index contributed by atoms with van der Waals surface area (Å²) in [4.78, 5) is 14.8. The molecule has 2 fully saturated rings. The fraction of sp³-hybridized carbons (Fsp3) is 0.588. The second-order valence-corrected chi connectivity index (χ2v) is 6.07. The molecule has 2 aliphatic rings. The number of morpholine rings is 1. The monoisotopic (exact) mass is 375 g/mol. The van der Waals surface area contributed by atoms with Gasteiger partial charge in [-0.2, -0.15) is 0 Å². The molecule has 0 saturated carbocycles. The molecule has 2 saturated heterocycles. The Morgan fingerprint density at radius 1 is 1.25 bits per heavy atom. The predicted molar refractivity (Wildman–Crippen MR) is 100 cm³/mol. The van der Waals surface area contributed by atoms with Gasteiger partial charge >= 0.3 is 0 Å². The van der Waals surface area contributed by atoms with Crippen molar-refractivity contribution in [2.24, 2.45) is 5.92 Å². The molecule has 0 bridgehead atoms. The maximum absolute atomic E-state index is 12.5. The SMILES string of the molecule is Cl.Cl.O=C(NC(CN1CCOCC1)c1ccccc1)C1CCNC1. The molecule has 2 N–H and O–H groups in total. The quantitative estimate of drug-likeness (QED) is 0.820. The van der Waals surface area contributed by atoms with E-state index in [9.17, 15) is 4.79 Å². The Morgan fingerprint density at radius 3 is 2.58 bits per heavy atom. The van der Waals surface area contributed by atoms with Gasteiger partial charge in [0.1, 0.15) is 0 Å². The standard InChI is InChI=1S/C17H25N3O2.2ClH/c21-17(15-6-7-18-12-15)19-16(14-4-2-1-3-5-14)13-20-8-10-22-11-9-20;;/h1-5,15-16,18H,6-13H2,(H,19,21);2*1H. The summed E-state index contributed by atoms with van der Waals surface area (Å²) in [6, 6.07) is 10.3. The molecule has 0 radical (unpaired) electrons. The lowest BCUT2D eigenvalue weighted by molar-refractivity contribution is -0.125. The normalized spacial score (nSPS) is 22.1. The Labute approximate surface area is 156 Å². The Hall–Kier alpha value is -0.850. The highest BCUT2D eigenvalue weighted by Crippen LogP contribution is 2.17. The zero-order valence-electron chi connectivity index (χ0n) is 13.8. The number of halogens is 2. The topological polar surface area (TPSA) is 53.6 Å². The molecule has 136 valence electrons. The van der Waals surface area contributed by atoms with E-state index < -0.39 is 0 Å². The summed E-state index contributed by atoms with van der Waals surface area (Å²) in [5.41, 5.74) is 1.17. The average Bonchev–Trinajstić information content (AvgIpc) is 3.11. The molecule has 0 aliphatic carbocycles. The van der Waals surface area contributed by atoms with Crippen LogP contribution in [-0.2, 0) is 9.53 Å². The predicted octanol–water partition coefficient (Wildman–Crippen LogP) is 1.63. The first-order valence-electron chi connectivity index (χ1n) is 8.19. The minimum atomic E-state index is 0. The van der Waals surface area contributed by atoms with E-state index in [1.165, 1.54) is 5.56 Å². The Kier molecular flexibility index (Phi) is 9.63. The molecular weight excluding hydrogens is 349 g/mol. The van der Waals surface area contributed by atoms with Crippen LogP contribution in [0.25, 0.3) is 0 Å². The lowest BCUT2D eigenvalue weighted by Gasteiger charge is -2.31. The van der Waals surface area contributed by atoms with E-state index >= 15 is 0 Å². The van der Waals surface area contributed by atoms with Crippen LogP contribution in [-0.4, -0.2) is 56.7 Å². The van der Waals surface area contributed by atoms with E-state index in [0.717, 1.165) is 52.4 Å². The molecule has 2 aliphatic heterocycles. The smallest absolute Gasteiger partial charge is 0.224 e. The molecule has 3 rings (SSSR count). The summed E-state index contributed by atoms with van der Waals surface area (Å²) in [6.07, 6.45) is 0.935. The van der Waals surface area contributed by atoms with Gasteiger partial charge in [-0.1, -0.05) is 30.3 Å². The number of ether oxygens (including phenoxy) is 1. The molecular formula is C17H27Cl2N3O2. The lowest BCUT2D eigenvalue weighted by Crippen LogP contribution is -2.44. The summed E-state index contributed by atoms with van der Waals surface area (Å²) >= 11 is 0. The fourth-order valence-electron chi connectivity index (χ4n) is 3.13. The Morgan fingerprint density at radius 2 is 1.96 bits per heavy atom. The van der Waals surface area contributed by atoms with Crippen molar-refractivity contribution in [2.45, 2.75) is 12.5 Å². The molecule has 7 heteroatoms. The van der Waals surface area contributed by atoms with Crippen LogP contribution in [0.3, 0.4) is 0 Å². The lowest BCUT2D eigenvalue weighted by atomic mass is 10.0. The van der Waals surface area contributed by atoms with Gasteiger partial charge in [-0.3, -0.25) is 9.69 Å². The van der Waals surface area contributed by atoms with Crippen LogP contribution in [0.4, 0.5) is 0 Å². The molecule has 2 heterocycles. The van der Waals surface area contributed by atoms with Crippen molar-refractivity contribution in [3.05, 3.63) is 35.9 Å². The summed E-state index contributed by atoms with van der Waals surface area (Å²) in [7, 11) is 0. The summed E-state index contributed by atoms with van der Waals surface area (Å²) < 4.78 is 5.41. The second-order valence-electron chi connectivity index (χ2n) is 6.07. The van der Waals surface area contributed by atoms with Gasteiger partial charge in [0.2, 0.25) is 5.91 Å².